The number of carbonyl (C=O) groups is 1. The van der Waals surface area contributed by atoms with Gasteiger partial charge in [-0.15, -0.1) is 0 Å². The molecule has 1 N–H and O–H groups in total. The summed E-state index contributed by atoms with van der Waals surface area (Å²) in [4.78, 5) is 14.1. The molecule has 0 radical (unpaired) electrons. The highest BCUT2D eigenvalue weighted by atomic mass is 35.5. The number of nitrogens with zero attached hydrogens (tertiary/aromatic N) is 1. The lowest BCUT2D eigenvalue weighted by Crippen LogP contribution is -2.52. The molecule has 1 amide bonds. The number of likely N-dealkylation sites (tertiary alicyclic amines) is 1. The topological polar surface area (TPSA) is 49.8 Å². The predicted octanol–water partition coefficient (Wildman–Crippen LogP) is 2.73. The minimum atomic E-state index is -0.812. The van der Waals surface area contributed by atoms with E-state index in [1.807, 2.05) is 6.92 Å². The first-order valence-corrected chi connectivity index (χ1v) is 7.71. The molecule has 2 atom stereocenters. The minimum absolute atomic E-state index is 0.0590. The van der Waals surface area contributed by atoms with E-state index < -0.39 is 11.4 Å². The van der Waals surface area contributed by atoms with Crippen molar-refractivity contribution >= 4 is 17.5 Å². The van der Waals surface area contributed by atoms with Gasteiger partial charge in [-0.2, -0.15) is 0 Å². The molecule has 1 aromatic rings. The maximum atomic E-state index is 13.2. The third-order valence-corrected chi connectivity index (χ3v) is 4.71. The fourth-order valence-corrected chi connectivity index (χ4v) is 2.99. The molecule has 0 bridgehead atoms. The number of piperidine rings is 1. The molecule has 22 heavy (non-hydrogen) atoms. The number of carbonyl (C=O) groups excluding carboxylic acids is 1. The van der Waals surface area contributed by atoms with E-state index in [1.165, 1.54) is 18.2 Å². The van der Waals surface area contributed by atoms with Crippen LogP contribution in [0.5, 0.6) is 0 Å². The summed E-state index contributed by atoms with van der Waals surface area (Å²) < 4.78 is 18.2. The van der Waals surface area contributed by atoms with Crippen molar-refractivity contribution in [2.24, 2.45) is 5.92 Å². The lowest BCUT2D eigenvalue weighted by molar-refractivity contribution is -0.0750. The van der Waals surface area contributed by atoms with Crippen molar-refractivity contribution in [3.63, 3.8) is 0 Å². The van der Waals surface area contributed by atoms with E-state index in [2.05, 4.69) is 0 Å². The lowest BCUT2D eigenvalue weighted by atomic mass is 9.79. The van der Waals surface area contributed by atoms with Gasteiger partial charge in [0.2, 0.25) is 0 Å². The van der Waals surface area contributed by atoms with Gasteiger partial charge in [0.1, 0.15) is 5.82 Å². The first-order chi connectivity index (χ1) is 10.4. The number of hydrogen-bond acceptors (Lipinski definition) is 3. The Balaban J connectivity index is 2.06. The molecular weight excluding hydrogens is 309 g/mol. The maximum Gasteiger partial charge on any atom is 0.253 e. The largest absolute Gasteiger partial charge is 0.389 e. The fourth-order valence-electron chi connectivity index (χ4n) is 2.81. The molecule has 6 heteroatoms. The minimum Gasteiger partial charge on any atom is -0.389 e. The van der Waals surface area contributed by atoms with Gasteiger partial charge in [-0.25, -0.2) is 4.39 Å². The predicted molar refractivity (Wildman–Crippen MR) is 82.5 cm³/mol. The van der Waals surface area contributed by atoms with Gasteiger partial charge in [-0.3, -0.25) is 4.79 Å². The van der Waals surface area contributed by atoms with Gasteiger partial charge in [0.25, 0.3) is 5.91 Å². The zero-order valence-electron chi connectivity index (χ0n) is 12.8. The summed E-state index contributed by atoms with van der Waals surface area (Å²) in [5.41, 5.74) is -0.450. The highest BCUT2D eigenvalue weighted by molar-refractivity contribution is 6.31. The molecule has 0 unspecified atom stereocenters. The Bertz CT molecular complexity index is 554. The smallest absolute Gasteiger partial charge is 0.253 e. The van der Waals surface area contributed by atoms with E-state index in [4.69, 9.17) is 16.3 Å². The Kier molecular flexibility index (Phi) is 5.42. The molecule has 1 aliphatic rings. The average Bonchev–Trinajstić information content (AvgIpc) is 2.50. The van der Waals surface area contributed by atoms with Crippen molar-refractivity contribution in [1.82, 2.24) is 4.90 Å². The van der Waals surface area contributed by atoms with E-state index in [0.717, 1.165) is 0 Å². The summed E-state index contributed by atoms with van der Waals surface area (Å²) >= 11 is 5.73. The van der Waals surface area contributed by atoms with Gasteiger partial charge in [0.05, 0.1) is 10.6 Å². The Morgan fingerprint density at radius 2 is 2.32 bits per heavy atom. The number of ether oxygens (including phenoxy) is 1. The molecule has 0 aliphatic carbocycles. The van der Waals surface area contributed by atoms with Gasteiger partial charge in [-0.1, -0.05) is 18.5 Å². The van der Waals surface area contributed by atoms with Crippen LogP contribution in [0.2, 0.25) is 5.02 Å². The number of rotatable bonds is 4. The molecule has 1 aliphatic heterocycles. The van der Waals surface area contributed by atoms with E-state index in [0.29, 0.717) is 38.1 Å². The molecule has 1 saturated heterocycles. The zero-order valence-corrected chi connectivity index (χ0v) is 13.6. The van der Waals surface area contributed by atoms with Crippen LogP contribution in [0.15, 0.2) is 18.2 Å². The Morgan fingerprint density at radius 3 is 2.91 bits per heavy atom. The van der Waals surface area contributed by atoms with Gasteiger partial charge in [0, 0.05) is 38.3 Å². The van der Waals surface area contributed by atoms with Crippen LogP contribution >= 0.6 is 11.6 Å². The quantitative estimate of drug-likeness (QED) is 0.924. The normalized spacial score (nSPS) is 25.3. The molecule has 122 valence electrons. The first-order valence-electron chi connectivity index (χ1n) is 7.33. The molecule has 4 nitrogen and oxygen atoms in total. The first kappa shape index (κ1) is 17.2. The van der Waals surface area contributed by atoms with Gasteiger partial charge >= 0.3 is 0 Å². The van der Waals surface area contributed by atoms with Crippen LogP contribution in [0.25, 0.3) is 0 Å². The number of benzene rings is 1. The third-order valence-electron chi connectivity index (χ3n) is 4.42. The van der Waals surface area contributed by atoms with E-state index in [-0.39, 0.29) is 16.8 Å². The van der Waals surface area contributed by atoms with Gasteiger partial charge < -0.3 is 14.7 Å². The van der Waals surface area contributed by atoms with Crippen LogP contribution in [0.3, 0.4) is 0 Å². The number of aliphatic hydroxyl groups is 1. The zero-order chi connectivity index (χ0) is 16.3. The second-order valence-electron chi connectivity index (χ2n) is 5.88. The Hall–Kier alpha value is -1.17. The molecule has 1 aromatic carbocycles. The van der Waals surface area contributed by atoms with Crippen LogP contribution in [-0.4, -0.2) is 48.3 Å². The van der Waals surface area contributed by atoms with Crippen molar-refractivity contribution in [3.8, 4) is 0 Å². The number of amides is 1. The second kappa shape index (κ2) is 6.94. The number of halogens is 2. The maximum absolute atomic E-state index is 13.2. The second-order valence-corrected chi connectivity index (χ2v) is 6.28. The highest BCUT2D eigenvalue weighted by Crippen LogP contribution is 2.31. The van der Waals surface area contributed by atoms with E-state index in [1.54, 1.807) is 12.0 Å². The van der Waals surface area contributed by atoms with Crippen LogP contribution in [0.4, 0.5) is 4.39 Å². The van der Waals surface area contributed by atoms with Crippen molar-refractivity contribution in [3.05, 3.63) is 34.6 Å². The summed E-state index contributed by atoms with van der Waals surface area (Å²) in [6.45, 7) is 3.32. The number of hydrogen-bond donors (Lipinski definition) is 1. The van der Waals surface area contributed by atoms with Crippen molar-refractivity contribution in [1.29, 1.82) is 0 Å². The Morgan fingerprint density at radius 1 is 1.59 bits per heavy atom. The molecule has 0 spiro atoms. The molecule has 0 saturated carbocycles. The van der Waals surface area contributed by atoms with E-state index in [9.17, 15) is 14.3 Å². The third kappa shape index (κ3) is 3.59. The SMILES string of the molecule is COCC[C@]1(O)CCN(C(=O)c2ccc(F)c(Cl)c2)C[C@H]1C. The summed E-state index contributed by atoms with van der Waals surface area (Å²) in [6, 6.07) is 3.97. The average molecular weight is 330 g/mol. The molecule has 1 heterocycles. The van der Waals surface area contributed by atoms with Crippen LogP contribution in [-0.2, 0) is 4.74 Å². The standard InChI is InChI=1S/C16H21ClFNO3/c1-11-10-19(7-5-16(11,21)6-8-22-2)15(20)12-3-4-14(18)13(17)9-12/h3-4,9,11,21H,5-8,10H2,1-2H3/t11-,16-/m1/s1. The van der Waals surface area contributed by atoms with Crippen molar-refractivity contribution < 1.29 is 19.0 Å². The monoisotopic (exact) mass is 329 g/mol. The summed E-state index contributed by atoms with van der Waals surface area (Å²) in [7, 11) is 1.60. The van der Waals surface area contributed by atoms with E-state index >= 15 is 0 Å². The summed E-state index contributed by atoms with van der Waals surface area (Å²) in [6.07, 6.45) is 1.05. The van der Waals surface area contributed by atoms with Gasteiger partial charge in [-0.05, 0) is 31.0 Å². The highest BCUT2D eigenvalue weighted by Gasteiger charge is 2.39. The van der Waals surface area contributed by atoms with Gasteiger partial charge in [0.15, 0.2) is 0 Å². The molecule has 2 rings (SSSR count). The van der Waals surface area contributed by atoms with Crippen molar-refractivity contribution in [2.45, 2.75) is 25.4 Å². The van der Waals surface area contributed by atoms with Crippen LogP contribution in [0.1, 0.15) is 30.1 Å². The van der Waals surface area contributed by atoms with Crippen molar-refractivity contribution in [2.75, 3.05) is 26.8 Å². The lowest BCUT2D eigenvalue weighted by Gasteiger charge is -2.43. The molecular formula is C16H21ClFNO3. The van der Waals surface area contributed by atoms with Crippen LogP contribution < -0.4 is 0 Å². The van der Waals surface area contributed by atoms with Crippen LogP contribution in [0, 0.1) is 11.7 Å². The number of methoxy groups -OCH3 is 1. The Labute approximate surface area is 134 Å². The summed E-state index contributed by atoms with van der Waals surface area (Å²) in [5.74, 6) is -0.794. The molecule has 1 fully saturated rings. The fraction of sp³-hybridized carbons (Fsp3) is 0.562. The molecule has 0 aromatic heterocycles. The summed E-state index contributed by atoms with van der Waals surface area (Å²) in [5, 5.41) is 10.6.